The minimum absolute atomic E-state index is 0.0321. The third-order valence-corrected chi connectivity index (χ3v) is 6.92. The second-order valence-corrected chi connectivity index (χ2v) is 9.66. The van der Waals surface area contributed by atoms with Gasteiger partial charge in [0, 0.05) is 31.6 Å². The smallest absolute Gasteiger partial charge is 0.273 e. The first-order valence-electron chi connectivity index (χ1n) is 11.3. The normalized spacial score (nSPS) is 14.6. The molecule has 0 saturated carbocycles. The van der Waals surface area contributed by atoms with Gasteiger partial charge in [0.05, 0.1) is 13.7 Å². The summed E-state index contributed by atoms with van der Waals surface area (Å²) < 4.78 is 18.6. The van der Waals surface area contributed by atoms with Crippen molar-refractivity contribution in [1.29, 1.82) is 0 Å². The topological polar surface area (TPSA) is 45.7 Å². The summed E-state index contributed by atoms with van der Waals surface area (Å²) in [5.41, 5.74) is 2.71. The van der Waals surface area contributed by atoms with Crippen LogP contribution in [-0.4, -0.2) is 40.9 Å². The van der Waals surface area contributed by atoms with Crippen LogP contribution in [-0.2, 0) is 19.6 Å². The summed E-state index contributed by atoms with van der Waals surface area (Å²) in [5.74, 6) is 1.29. The summed E-state index contributed by atoms with van der Waals surface area (Å²) in [6.07, 6.45) is 2.10. The first-order valence-corrected chi connectivity index (χ1v) is 12.2. The zero-order valence-electron chi connectivity index (χ0n) is 19.2. The minimum atomic E-state index is -0.240. The lowest BCUT2D eigenvalue weighted by Crippen LogP contribution is -2.38. The molecule has 0 atom stereocenters. The first-order chi connectivity index (χ1) is 16.0. The van der Waals surface area contributed by atoms with Gasteiger partial charge < -0.3 is 9.64 Å². The molecule has 0 bridgehead atoms. The zero-order chi connectivity index (χ0) is 23.2. The van der Waals surface area contributed by atoms with Gasteiger partial charge in [-0.2, -0.15) is 0 Å². The second kappa shape index (κ2) is 10.9. The van der Waals surface area contributed by atoms with E-state index in [1.807, 2.05) is 46.7 Å². The number of carbonyl (C=O) groups is 1. The molecule has 1 aromatic heterocycles. The number of hydrogen-bond acceptors (Lipinski definition) is 5. The molecule has 0 N–H and O–H groups in total. The largest absolute Gasteiger partial charge is 0.497 e. The molecule has 0 unspecified atom stereocenters. The number of piperidine rings is 1. The van der Waals surface area contributed by atoms with E-state index in [2.05, 4.69) is 16.8 Å². The lowest BCUT2D eigenvalue weighted by atomic mass is 9.99. The molecule has 2 aromatic carbocycles. The molecule has 1 fully saturated rings. The van der Waals surface area contributed by atoms with Gasteiger partial charge in [-0.3, -0.25) is 9.69 Å². The predicted octanol–water partition coefficient (Wildman–Crippen LogP) is 5.37. The van der Waals surface area contributed by atoms with E-state index in [0.717, 1.165) is 47.8 Å². The van der Waals surface area contributed by atoms with Gasteiger partial charge in [-0.15, -0.1) is 11.3 Å². The average Bonchev–Trinajstić information content (AvgIpc) is 3.29. The Labute approximate surface area is 198 Å². The van der Waals surface area contributed by atoms with E-state index in [1.54, 1.807) is 7.11 Å². The van der Waals surface area contributed by atoms with Crippen molar-refractivity contribution in [1.82, 2.24) is 14.8 Å². The van der Waals surface area contributed by atoms with Crippen molar-refractivity contribution < 1.29 is 13.9 Å². The van der Waals surface area contributed by atoms with E-state index >= 15 is 0 Å². The second-order valence-electron chi connectivity index (χ2n) is 8.72. The van der Waals surface area contributed by atoms with Crippen molar-refractivity contribution in [2.75, 3.05) is 20.2 Å². The van der Waals surface area contributed by atoms with Crippen LogP contribution in [0.1, 0.15) is 46.4 Å². The lowest BCUT2D eigenvalue weighted by Gasteiger charge is -2.29. The standard InChI is InChI=1S/C26H30FN3O2S/c1-19-11-13-30(14-12-19)26(31)24-18-33-25(28-24)17-29(15-20-3-7-22(27)8-4-20)16-21-5-9-23(32-2)10-6-21/h3-10,18-19H,11-17H2,1-2H3. The SMILES string of the molecule is COc1ccc(CN(Cc2ccc(F)cc2)Cc2nc(C(=O)N3CCC(C)CC3)cs2)cc1. The van der Waals surface area contributed by atoms with Gasteiger partial charge in [-0.25, -0.2) is 9.37 Å². The van der Waals surface area contributed by atoms with Gasteiger partial charge in [0.15, 0.2) is 0 Å². The maximum Gasteiger partial charge on any atom is 0.273 e. The van der Waals surface area contributed by atoms with Crippen LogP contribution in [0.25, 0.3) is 0 Å². The number of likely N-dealkylation sites (tertiary alicyclic amines) is 1. The van der Waals surface area contributed by atoms with Crippen LogP contribution in [0.3, 0.4) is 0 Å². The number of nitrogens with zero attached hydrogens (tertiary/aromatic N) is 3. The molecule has 3 aromatic rings. The number of rotatable bonds is 8. The quantitative estimate of drug-likeness (QED) is 0.447. The van der Waals surface area contributed by atoms with E-state index in [1.165, 1.54) is 23.5 Å². The molecule has 0 radical (unpaired) electrons. The molecule has 5 nitrogen and oxygen atoms in total. The number of methoxy groups -OCH3 is 1. The number of halogens is 1. The van der Waals surface area contributed by atoms with Crippen molar-refractivity contribution >= 4 is 17.2 Å². The average molecular weight is 468 g/mol. The molecule has 0 aliphatic carbocycles. The molecule has 4 rings (SSSR count). The third-order valence-electron chi connectivity index (χ3n) is 6.09. The molecule has 33 heavy (non-hydrogen) atoms. The highest BCUT2D eigenvalue weighted by Crippen LogP contribution is 2.22. The summed E-state index contributed by atoms with van der Waals surface area (Å²) >= 11 is 1.52. The van der Waals surface area contributed by atoms with Crippen LogP contribution in [0, 0.1) is 11.7 Å². The van der Waals surface area contributed by atoms with Gasteiger partial charge in [-0.1, -0.05) is 31.2 Å². The number of ether oxygens (including phenoxy) is 1. The highest BCUT2D eigenvalue weighted by molar-refractivity contribution is 7.09. The maximum absolute atomic E-state index is 13.4. The Bertz CT molecular complexity index is 1040. The Balaban J connectivity index is 1.47. The molecule has 2 heterocycles. The summed E-state index contributed by atoms with van der Waals surface area (Å²) in [7, 11) is 1.65. The Morgan fingerprint density at radius 3 is 2.27 bits per heavy atom. The molecule has 1 saturated heterocycles. The zero-order valence-corrected chi connectivity index (χ0v) is 20.0. The third kappa shape index (κ3) is 6.39. The molecule has 1 amide bonds. The number of thiazole rings is 1. The highest BCUT2D eigenvalue weighted by Gasteiger charge is 2.23. The van der Waals surface area contributed by atoms with E-state index in [9.17, 15) is 9.18 Å². The molecular formula is C26H30FN3O2S. The van der Waals surface area contributed by atoms with Crippen molar-refractivity contribution in [2.24, 2.45) is 5.92 Å². The number of amides is 1. The van der Waals surface area contributed by atoms with Crippen LogP contribution in [0.5, 0.6) is 5.75 Å². The van der Waals surface area contributed by atoms with Crippen LogP contribution >= 0.6 is 11.3 Å². The van der Waals surface area contributed by atoms with Crippen molar-refractivity contribution in [3.8, 4) is 5.75 Å². The molecule has 0 spiro atoms. The van der Waals surface area contributed by atoms with Gasteiger partial charge in [0.1, 0.15) is 22.3 Å². The monoisotopic (exact) mass is 467 g/mol. The summed E-state index contributed by atoms with van der Waals surface area (Å²) in [6, 6.07) is 14.6. The van der Waals surface area contributed by atoms with Crippen molar-refractivity contribution in [3.05, 3.63) is 81.6 Å². The van der Waals surface area contributed by atoms with E-state index in [0.29, 0.717) is 31.2 Å². The summed E-state index contributed by atoms with van der Waals surface area (Å²) in [6.45, 7) is 5.81. The summed E-state index contributed by atoms with van der Waals surface area (Å²) in [4.78, 5) is 21.7. The number of aromatic nitrogens is 1. The van der Waals surface area contributed by atoms with E-state index in [4.69, 9.17) is 4.74 Å². The van der Waals surface area contributed by atoms with Crippen LogP contribution in [0.15, 0.2) is 53.9 Å². The molecule has 1 aliphatic heterocycles. The molecular weight excluding hydrogens is 437 g/mol. The fraction of sp³-hybridized carbons (Fsp3) is 0.385. The number of hydrogen-bond donors (Lipinski definition) is 0. The van der Waals surface area contributed by atoms with Gasteiger partial charge in [-0.05, 0) is 54.2 Å². The van der Waals surface area contributed by atoms with Crippen LogP contribution in [0.2, 0.25) is 0 Å². The van der Waals surface area contributed by atoms with Crippen molar-refractivity contribution in [2.45, 2.75) is 39.4 Å². The van der Waals surface area contributed by atoms with Crippen LogP contribution in [0.4, 0.5) is 4.39 Å². The van der Waals surface area contributed by atoms with Crippen molar-refractivity contribution in [3.63, 3.8) is 0 Å². The van der Waals surface area contributed by atoms with Crippen LogP contribution < -0.4 is 4.74 Å². The van der Waals surface area contributed by atoms with E-state index in [-0.39, 0.29) is 11.7 Å². The number of benzene rings is 2. The van der Waals surface area contributed by atoms with E-state index < -0.39 is 0 Å². The lowest BCUT2D eigenvalue weighted by molar-refractivity contribution is 0.0691. The van der Waals surface area contributed by atoms with Gasteiger partial charge in [0.25, 0.3) is 5.91 Å². The Hall–Kier alpha value is -2.77. The fourth-order valence-electron chi connectivity index (χ4n) is 4.05. The first kappa shape index (κ1) is 23.4. The molecule has 1 aliphatic rings. The molecule has 7 heteroatoms. The van der Waals surface area contributed by atoms with Gasteiger partial charge in [0.2, 0.25) is 0 Å². The maximum atomic E-state index is 13.4. The highest BCUT2D eigenvalue weighted by atomic mass is 32.1. The minimum Gasteiger partial charge on any atom is -0.497 e. The number of carbonyl (C=O) groups excluding carboxylic acids is 1. The fourth-order valence-corrected chi connectivity index (χ4v) is 4.86. The Morgan fingerprint density at radius 2 is 1.67 bits per heavy atom. The predicted molar refractivity (Wildman–Crippen MR) is 129 cm³/mol. The Kier molecular flexibility index (Phi) is 7.73. The Morgan fingerprint density at radius 1 is 1.06 bits per heavy atom. The van der Waals surface area contributed by atoms with Gasteiger partial charge >= 0.3 is 0 Å². The molecule has 174 valence electrons. The summed E-state index contributed by atoms with van der Waals surface area (Å²) in [5, 5.41) is 2.78.